The van der Waals surface area contributed by atoms with Gasteiger partial charge >= 0.3 is 0 Å². The quantitative estimate of drug-likeness (QED) is 0.175. The van der Waals surface area contributed by atoms with E-state index in [0.717, 1.165) is 11.5 Å². The molecule has 0 aliphatic carbocycles. The summed E-state index contributed by atoms with van der Waals surface area (Å²) in [5, 5.41) is 40.8. The van der Waals surface area contributed by atoms with E-state index >= 15 is 0 Å². The molecular formula is C20H13N3O7S. The van der Waals surface area contributed by atoms with Crippen LogP contribution in [0.1, 0.15) is 0 Å². The molecule has 0 radical (unpaired) electrons. The highest BCUT2D eigenvalue weighted by Crippen LogP contribution is 2.44. The van der Waals surface area contributed by atoms with E-state index in [0.29, 0.717) is 11.5 Å². The molecule has 0 bridgehead atoms. The molecule has 0 atom stereocenters. The maximum absolute atomic E-state index is 11.8. The maximum Gasteiger partial charge on any atom is 0.295 e. The van der Waals surface area contributed by atoms with Crippen molar-refractivity contribution < 1.29 is 28.1 Å². The summed E-state index contributed by atoms with van der Waals surface area (Å²) in [5.41, 5.74) is -0.775. The van der Waals surface area contributed by atoms with Crippen molar-refractivity contribution in [3.63, 3.8) is 0 Å². The second-order valence-corrected chi connectivity index (χ2v) is 7.92. The lowest BCUT2D eigenvalue weighted by Crippen LogP contribution is -2.01. The molecule has 4 aromatic carbocycles. The Kier molecular flexibility index (Phi) is 4.76. The van der Waals surface area contributed by atoms with E-state index in [9.17, 15) is 33.3 Å². The molecular weight excluding hydrogens is 426 g/mol. The van der Waals surface area contributed by atoms with E-state index in [1.165, 1.54) is 18.2 Å². The first kappa shape index (κ1) is 20.2. The van der Waals surface area contributed by atoms with Gasteiger partial charge in [-0.15, -0.1) is 10.2 Å². The van der Waals surface area contributed by atoms with Gasteiger partial charge in [-0.25, -0.2) is 0 Å². The SMILES string of the molecule is O=[N+]([O-])c1cccc2c(N=Nc3c(O)ccc4ccccc34)c(O)cc(S(=O)(=O)O)c12. The summed E-state index contributed by atoms with van der Waals surface area (Å²) in [6, 6.07) is 14.4. The summed E-state index contributed by atoms with van der Waals surface area (Å²) < 4.78 is 33.1. The molecule has 0 fully saturated rings. The molecule has 10 nitrogen and oxygen atoms in total. The zero-order valence-electron chi connectivity index (χ0n) is 15.5. The Morgan fingerprint density at radius 1 is 0.839 bits per heavy atom. The minimum atomic E-state index is -4.90. The number of rotatable bonds is 4. The van der Waals surface area contributed by atoms with E-state index in [4.69, 9.17) is 0 Å². The highest BCUT2D eigenvalue weighted by molar-refractivity contribution is 7.86. The van der Waals surface area contributed by atoms with Crippen LogP contribution in [0.2, 0.25) is 0 Å². The van der Waals surface area contributed by atoms with Crippen LogP contribution in [0, 0.1) is 10.1 Å². The fraction of sp³-hybridized carbons (Fsp3) is 0. The van der Waals surface area contributed by atoms with Gasteiger partial charge in [-0.2, -0.15) is 8.42 Å². The van der Waals surface area contributed by atoms with Crippen molar-refractivity contribution in [3.8, 4) is 11.5 Å². The van der Waals surface area contributed by atoms with Gasteiger partial charge in [-0.05, 0) is 11.5 Å². The third kappa shape index (κ3) is 3.52. The van der Waals surface area contributed by atoms with Gasteiger partial charge in [0.25, 0.3) is 15.8 Å². The molecule has 0 saturated heterocycles. The number of nitro groups is 1. The predicted molar refractivity (Wildman–Crippen MR) is 112 cm³/mol. The third-order valence-electron chi connectivity index (χ3n) is 4.66. The Morgan fingerprint density at radius 2 is 1.48 bits per heavy atom. The Balaban J connectivity index is 2.03. The van der Waals surface area contributed by atoms with Crippen molar-refractivity contribution in [2.75, 3.05) is 0 Å². The van der Waals surface area contributed by atoms with Crippen LogP contribution < -0.4 is 0 Å². The molecule has 0 unspecified atom stereocenters. The number of aromatic hydroxyl groups is 2. The Labute approximate surface area is 174 Å². The molecule has 0 spiro atoms. The van der Waals surface area contributed by atoms with Crippen LogP contribution >= 0.6 is 0 Å². The number of nitrogens with zero attached hydrogens (tertiary/aromatic N) is 3. The molecule has 3 N–H and O–H groups in total. The summed E-state index contributed by atoms with van der Waals surface area (Å²) in [7, 11) is -4.90. The van der Waals surface area contributed by atoms with E-state index in [1.54, 1.807) is 30.3 Å². The molecule has 4 aromatic rings. The van der Waals surface area contributed by atoms with Crippen molar-refractivity contribution in [1.82, 2.24) is 0 Å². The Hall–Kier alpha value is -4.09. The minimum Gasteiger partial charge on any atom is -0.506 e. The number of fused-ring (bicyclic) bond motifs is 2. The van der Waals surface area contributed by atoms with Crippen molar-refractivity contribution in [1.29, 1.82) is 0 Å². The first-order valence-corrected chi connectivity index (χ1v) is 10.2. The largest absolute Gasteiger partial charge is 0.506 e. The van der Waals surface area contributed by atoms with Gasteiger partial charge in [0.1, 0.15) is 27.8 Å². The zero-order chi connectivity index (χ0) is 22.3. The number of benzene rings is 4. The first-order valence-electron chi connectivity index (χ1n) is 8.71. The molecule has 31 heavy (non-hydrogen) atoms. The van der Waals surface area contributed by atoms with E-state index in [1.807, 2.05) is 0 Å². The first-order chi connectivity index (χ1) is 14.7. The molecule has 11 heteroatoms. The van der Waals surface area contributed by atoms with Crippen molar-refractivity contribution >= 4 is 48.7 Å². The predicted octanol–water partition coefficient (Wildman–Crippen LogP) is 4.97. The molecule has 156 valence electrons. The van der Waals surface area contributed by atoms with Crippen LogP contribution in [-0.2, 0) is 10.1 Å². The average Bonchev–Trinajstić information content (AvgIpc) is 2.72. The standard InChI is InChI=1S/C20H13N3O7S/c24-15-9-8-11-4-1-2-5-12(11)19(15)21-22-20-13-6-3-7-14(23(26)27)18(13)17(10-16(20)25)31(28,29)30/h1-10,24-25H,(H,28,29,30). The van der Waals surface area contributed by atoms with Crippen molar-refractivity contribution in [2.24, 2.45) is 10.2 Å². The second kappa shape index (κ2) is 7.31. The van der Waals surface area contributed by atoms with E-state index < -0.39 is 36.8 Å². The maximum atomic E-state index is 11.8. The van der Waals surface area contributed by atoms with Gasteiger partial charge < -0.3 is 10.2 Å². The van der Waals surface area contributed by atoms with Gasteiger partial charge in [0.15, 0.2) is 0 Å². The highest BCUT2D eigenvalue weighted by atomic mass is 32.2. The van der Waals surface area contributed by atoms with Crippen LogP contribution in [0.15, 0.2) is 75.8 Å². The fourth-order valence-corrected chi connectivity index (χ4v) is 4.04. The number of phenolic OH excluding ortho intramolecular Hbond substituents is 2. The second-order valence-electron chi connectivity index (χ2n) is 6.53. The van der Waals surface area contributed by atoms with Crippen LogP contribution in [0.5, 0.6) is 11.5 Å². The van der Waals surface area contributed by atoms with Crippen molar-refractivity contribution in [3.05, 3.63) is 70.8 Å². The lowest BCUT2D eigenvalue weighted by molar-refractivity contribution is -0.383. The molecule has 0 amide bonds. The highest BCUT2D eigenvalue weighted by Gasteiger charge is 2.26. The fourth-order valence-electron chi connectivity index (χ4n) is 3.31. The smallest absolute Gasteiger partial charge is 0.295 e. The van der Waals surface area contributed by atoms with Crippen LogP contribution in [0.4, 0.5) is 17.1 Å². The van der Waals surface area contributed by atoms with E-state index in [2.05, 4.69) is 10.2 Å². The lowest BCUT2D eigenvalue weighted by Gasteiger charge is -2.09. The zero-order valence-corrected chi connectivity index (χ0v) is 16.3. The summed E-state index contributed by atoms with van der Waals surface area (Å²) in [4.78, 5) is 9.79. The molecule has 0 heterocycles. The summed E-state index contributed by atoms with van der Waals surface area (Å²) in [5.74, 6) is -0.865. The normalized spacial score (nSPS) is 12.0. The summed E-state index contributed by atoms with van der Waals surface area (Å²) in [6.45, 7) is 0. The van der Waals surface area contributed by atoms with Gasteiger partial charge in [0.2, 0.25) is 0 Å². The molecule has 4 rings (SSSR count). The molecule has 0 saturated carbocycles. The van der Waals surface area contributed by atoms with Gasteiger partial charge in [0.05, 0.1) is 10.3 Å². The number of azo groups is 1. The van der Waals surface area contributed by atoms with Crippen LogP contribution in [0.25, 0.3) is 21.5 Å². The Bertz CT molecular complexity index is 1510. The number of nitro benzene ring substituents is 1. The summed E-state index contributed by atoms with van der Waals surface area (Å²) in [6.07, 6.45) is 0. The Morgan fingerprint density at radius 3 is 2.16 bits per heavy atom. The molecule has 0 aliphatic heterocycles. The average molecular weight is 439 g/mol. The minimum absolute atomic E-state index is 0.0925. The van der Waals surface area contributed by atoms with Gasteiger partial charge in [-0.1, -0.05) is 42.5 Å². The van der Waals surface area contributed by atoms with Gasteiger partial charge in [0, 0.05) is 22.9 Å². The molecule has 0 aromatic heterocycles. The molecule has 0 aliphatic rings. The number of hydrogen-bond donors (Lipinski definition) is 3. The van der Waals surface area contributed by atoms with Gasteiger partial charge in [-0.3, -0.25) is 14.7 Å². The topological polar surface area (TPSA) is 163 Å². The van der Waals surface area contributed by atoms with Crippen LogP contribution in [-0.4, -0.2) is 28.1 Å². The number of hydrogen-bond acceptors (Lipinski definition) is 8. The van der Waals surface area contributed by atoms with Crippen LogP contribution in [0.3, 0.4) is 0 Å². The monoisotopic (exact) mass is 439 g/mol. The number of phenols is 2. The third-order valence-corrected chi connectivity index (χ3v) is 5.54. The lowest BCUT2D eigenvalue weighted by atomic mass is 10.1. The van der Waals surface area contributed by atoms with E-state index in [-0.39, 0.29) is 22.5 Å². The summed E-state index contributed by atoms with van der Waals surface area (Å²) >= 11 is 0. The number of non-ortho nitro benzene ring substituents is 1. The van der Waals surface area contributed by atoms with Crippen molar-refractivity contribution in [2.45, 2.75) is 4.90 Å².